The number of Topliss-reactive ketones (excluding diaryl/α,β-unsaturated/α-hetero) is 1. The van der Waals surface area contributed by atoms with E-state index in [-0.39, 0.29) is 22.3 Å². The molecular weight excluding hydrogens is 342 g/mol. The molecule has 0 aromatic heterocycles. The average Bonchev–Trinajstić information content (AvgIpc) is 2.76. The first-order valence-electron chi connectivity index (χ1n) is 7.63. The molecule has 130 valence electrons. The van der Waals surface area contributed by atoms with Crippen molar-refractivity contribution in [3.63, 3.8) is 0 Å². The molecule has 1 aliphatic heterocycles. The molecule has 0 fully saturated rings. The van der Waals surface area contributed by atoms with Crippen LogP contribution in [0.1, 0.15) is 36.7 Å². The van der Waals surface area contributed by atoms with Crippen molar-refractivity contribution in [2.24, 2.45) is 0 Å². The van der Waals surface area contributed by atoms with Crippen LogP contribution in [0.5, 0.6) is 5.75 Å². The molecule has 6 nitrogen and oxygen atoms in total. The molecule has 0 unspecified atom stereocenters. The molecule has 1 N–H and O–H groups in total. The number of ketones is 1. The van der Waals surface area contributed by atoms with Crippen LogP contribution in [0.15, 0.2) is 47.4 Å². The summed E-state index contributed by atoms with van der Waals surface area (Å²) < 4.78 is 30.3. The second-order valence-electron chi connectivity index (χ2n) is 6.41. The van der Waals surface area contributed by atoms with Crippen molar-refractivity contribution >= 4 is 27.5 Å². The Balaban J connectivity index is 1.97. The highest BCUT2D eigenvalue weighted by Gasteiger charge is 2.39. The summed E-state index contributed by atoms with van der Waals surface area (Å²) in [5, 5.41) is 2.72. The molecule has 7 heteroatoms. The van der Waals surface area contributed by atoms with Gasteiger partial charge in [-0.25, -0.2) is 0 Å². The first-order valence-corrected chi connectivity index (χ1v) is 9.03. The maximum atomic E-state index is 12.6. The first-order chi connectivity index (χ1) is 11.6. The van der Waals surface area contributed by atoms with Crippen molar-refractivity contribution in [2.45, 2.75) is 31.1 Å². The SMILES string of the molecule is CC(=O)c1cccc(OS(=O)(=O)c2ccc3c(c2)C(C)(C)C(=O)N3)c1. The van der Waals surface area contributed by atoms with Crippen LogP contribution in [0.3, 0.4) is 0 Å². The third-order valence-electron chi connectivity index (χ3n) is 4.22. The van der Waals surface area contributed by atoms with Crippen molar-refractivity contribution in [1.29, 1.82) is 0 Å². The predicted octanol–water partition coefficient (Wildman–Crippen LogP) is 2.89. The fraction of sp³-hybridized carbons (Fsp3) is 0.222. The number of fused-ring (bicyclic) bond motifs is 1. The lowest BCUT2D eigenvalue weighted by Crippen LogP contribution is -2.27. The molecule has 3 rings (SSSR count). The fourth-order valence-corrected chi connectivity index (χ4v) is 3.60. The second-order valence-corrected chi connectivity index (χ2v) is 7.95. The van der Waals surface area contributed by atoms with Gasteiger partial charge in [-0.15, -0.1) is 0 Å². The molecule has 1 heterocycles. The summed E-state index contributed by atoms with van der Waals surface area (Å²) in [6, 6.07) is 10.3. The van der Waals surface area contributed by atoms with Gasteiger partial charge in [-0.1, -0.05) is 12.1 Å². The van der Waals surface area contributed by atoms with E-state index in [9.17, 15) is 18.0 Å². The number of anilines is 1. The third kappa shape index (κ3) is 3.02. The summed E-state index contributed by atoms with van der Waals surface area (Å²) >= 11 is 0. The second kappa shape index (κ2) is 5.70. The van der Waals surface area contributed by atoms with E-state index in [4.69, 9.17) is 4.18 Å². The van der Waals surface area contributed by atoms with Gasteiger partial charge in [0.15, 0.2) is 5.78 Å². The number of nitrogens with one attached hydrogen (secondary N) is 1. The Morgan fingerprint density at radius 3 is 2.52 bits per heavy atom. The smallest absolute Gasteiger partial charge is 0.339 e. The van der Waals surface area contributed by atoms with Crippen molar-refractivity contribution in [3.8, 4) is 5.75 Å². The van der Waals surface area contributed by atoms with Crippen LogP contribution >= 0.6 is 0 Å². The summed E-state index contributed by atoms with van der Waals surface area (Å²) in [4.78, 5) is 23.4. The van der Waals surface area contributed by atoms with Gasteiger partial charge < -0.3 is 9.50 Å². The third-order valence-corrected chi connectivity index (χ3v) is 5.46. The lowest BCUT2D eigenvalue weighted by atomic mass is 9.86. The first kappa shape index (κ1) is 17.2. The van der Waals surface area contributed by atoms with E-state index < -0.39 is 15.5 Å². The molecule has 0 bridgehead atoms. The molecule has 0 aliphatic carbocycles. The van der Waals surface area contributed by atoms with E-state index in [1.807, 2.05) is 0 Å². The van der Waals surface area contributed by atoms with Crippen LogP contribution in [-0.2, 0) is 20.3 Å². The van der Waals surface area contributed by atoms with Gasteiger partial charge >= 0.3 is 10.1 Å². The maximum Gasteiger partial charge on any atom is 0.339 e. The quantitative estimate of drug-likeness (QED) is 0.670. The number of benzene rings is 2. The van der Waals surface area contributed by atoms with Gasteiger partial charge in [0.1, 0.15) is 10.6 Å². The molecule has 0 saturated heterocycles. The van der Waals surface area contributed by atoms with Gasteiger partial charge in [-0.3, -0.25) is 9.59 Å². The minimum Gasteiger partial charge on any atom is -0.379 e. The minimum atomic E-state index is -4.10. The van der Waals surface area contributed by atoms with Gasteiger partial charge in [-0.2, -0.15) is 8.42 Å². The maximum absolute atomic E-state index is 12.6. The van der Waals surface area contributed by atoms with Gasteiger partial charge in [0.2, 0.25) is 5.91 Å². The van der Waals surface area contributed by atoms with Crippen LogP contribution < -0.4 is 9.50 Å². The van der Waals surface area contributed by atoms with E-state index in [1.54, 1.807) is 32.0 Å². The van der Waals surface area contributed by atoms with Gasteiger partial charge in [-0.05, 0) is 56.7 Å². The normalized spacial score (nSPS) is 15.4. The van der Waals surface area contributed by atoms with Crippen LogP contribution in [0, 0.1) is 0 Å². The van der Waals surface area contributed by atoms with E-state index in [0.29, 0.717) is 16.8 Å². The Kier molecular flexibility index (Phi) is 3.91. The van der Waals surface area contributed by atoms with Crippen LogP contribution in [0.25, 0.3) is 0 Å². The van der Waals surface area contributed by atoms with E-state index in [0.717, 1.165) is 0 Å². The summed E-state index contributed by atoms with van der Waals surface area (Å²) in [6.45, 7) is 4.84. The lowest BCUT2D eigenvalue weighted by molar-refractivity contribution is -0.119. The number of carbonyl (C=O) groups excluding carboxylic acids is 2. The number of hydrogen-bond donors (Lipinski definition) is 1. The molecule has 1 amide bonds. The van der Waals surface area contributed by atoms with Gasteiger partial charge in [0.25, 0.3) is 0 Å². The molecule has 0 spiro atoms. The van der Waals surface area contributed by atoms with Crippen LogP contribution in [0.4, 0.5) is 5.69 Å². The Bertz CT molecular complexity index is 992. The molecular formula is C18H17NO5S. The van der Waals surface area contributed by atoms with E-state index >= 15 is 0 Å². The number of amides is 1. The summed E-state index contributed by atoms with van der Waals surface area (Å²) in [7, 11) is -4.10. The molecule has 2 aromatic rings. The zero-order chi connectivity index (χ0) is 18.4. The Morgan fingerprint density at radius 1 is 1.12 bits per heavy atom. The number of carbonyl (C=O) groups is 2. The summed E-state index contributed by atoms with van der Waals surface area (Å²) in [5.41, 5.74) is 0.722. The summed E-state index contributed by atoms with van der Waals surface area (Å²) in [5.74, 6) is -0.319. The van der Waals surface area contributed by atoms with Crippen LogP contribution in [0.2, 0.25) is 0 Å². The van der Waals surface area contributed by atoms with Crippen molar-refractivity contribution in [3.05, 3.63) is 53.6 Å². The zero-order valence-corrected chi connectivity index (χ0v) is 14.8. The highest BCUT2D eigenvalue weighted by atomic mass is 32.2. The minimum absolute atomic E-state index is 0.0518. The molecule has 1 aliphatic rings. The lowest BCUT2D eigenvalue weighted by Gasteiger charge is -2.16. The van der Waals surface area contributed by atoms with E-state index in [1.165, 1.54) is 31.2 Å². The van der Waals surface area contributed by atoms with Crippen molar-refractivity contribution in [1.82, 2.24) is 0 Å². The van der Waals surface area contributed by atoms with Crippen molar-refractivity contribution in [2.75, 3.05) is 5.32 Å². The van der Waals surface area contributed by atoms with Crippen molar-refractivity contribution < 1.29 is 22.2 Å². The standard InChI is InChI=1S/C18H17NO5S/c1-11(20)12-5-4-6-13(9-12)24-25(22,23)14-7-8-16-15(10-14)18(2,3)17(21)19-16/h4-10H,1-3H3,(H,19,21). The van der Waals surface area contributed by atoms with E-state index in [2.05, 4.69) is 5.32 Å². The number of rotatable bonds is 4. The van der Waals surface area contributed by atoms with Crippen LogP contribution in [-0.4, -0.2) is 20.1 Å². The molecule has 2 aromatic carbocycles. The Labute approximate surface area is 145 Å². The fourth-order valence-electron chi connectivity index (χ4n) is 2.65. The monoisotopic (exact) mass is 359 g/mol. The molecule has 0 atom stereocenters. The number of hydrogen-bond acceptors (Lipinski definition) is 5. The Hall–Kier alpha value is -2.67. The Morgan fingerprint density at radius 2 is 1.84 bits per heavy atom. The summed E-state index contributed by atoms with van der Waals surface area (Å²) in [6.07, 6.45) is 0. The molecule has 0 radical (unpaired) electrons. The highest BCUT2D eigenvalue weighted by Crippen LogP contribution is 2.38. The van der Waals surface area contributed by atoms with Gasteiger partial charge in [0.05, 0.1) is 5.41 Å². The predicted molar refractivity (Wildman–Crippen MR) is 92.4 cm³/mol. The molecule has 25 heavy (non-hydrogen) atoms. The average molecular weight is 359 g/mol. The zero-order valence-electron chi connectivity index (χ0n) is 14.0. The van der Waals surface area contributed by atoms with Gasteiger partial charge in [0, 0.05) is 11.3 Å². The highest BCUT2D eigenvalue weighted by molar-refractivity contribution is 7.87. The largest absolute Gasteiger partial charge is 0.379 e. The topological polar surface area (TPSA) is 89.5 Å². The molecule has 0 saturated carbocycles.